The van der Waals surface area contributed by atoms with E-state index in [2.05, 4.69) is 10.3 Å². The molecule has 1 heterocycles. The summed E-state index contributed by atoms with van der Waals surface area (Å²) < 4.78 is 0. The Morgan fingerprint density at radius 3 is 2.88 bits per heavy atom. The molecular weight excluding hydrogens is 251 g/mol. The number of hydrogen-bond acceptors (Lipinski definition) is 3. The lowest BCUT2D eigenvalue weighted by Gasteiger charge is -2.07. The molecule has 0 aromatic carbocycles. The molecule has 1 aromatic heterocycles. The van der Waals surface area contributed by atoms with Gasteiger partial charge in [-0.25, -0.2) is 4.98 Å². The third kappa shape index (κ3) is 3.96. The minimum Gasteiger partial charge on any atom is -0.393 e. The molecule has 88 valence electrons. The van der Waals surface area contributed by atoms with Crippen molar-refractivity contribution in [3.8, 4) is 0 Å². The zero-order valence-corrected chi connectivity index (χ0v) is 10.2. The summed E-state index contributed by atoms with van der Waals surface area (Å²) in [6.07, 6.45) is 0.0206. The Morgan fingerprint density at radius 1 is 1.56 bits per heavy atom. The largest absolute Gasteiger partial charge is 0.393 e. The normalized spacial score (nSPS) is 12.2. The average Bonchev–Trinajstić information content (AvgIpc) is 2.21. The molecule has 1 atom stereocenters. The zero-order valence-electron chi connectivity index (χ0n) is 8.70. The van der Waals surface area contributed by atoms with E-state index in [9.17, 15) is 4.79 Å². The molecule has 0 spiro atoms. The molecule has 2 N–H and O–H groups in total. The number of nitrogens with zero attached hydrogens (tertiary/aromatic N) is 1. The Morgan fingerprint density at radius 2 is 2.25 bits per heavy atom. The molecule has 4 nitrogen and oxygen atoms in total. The van der Waals surface area contributed by atoms with Gasteiger partial charge < -0.3 is 10.4 Å². The van der Waals surface area contributed by atoms with Crippen molar-refractivity contribution in [1.82, 2.24) is 10.3 Å². The molecule has 0 aliphatic carbocycles. The Kier molecular flexibility index (Phi) is 4.99. The number of amides is 1. The summed E-state index contributed by atoms with van der Waals surface area (Å²) in [7, 11) is 0. The summed E-state index contributed by atoms with van der Waals surface area (Å²) in [4.78, 5) is 15.4. The van der Waals surface area contributed by atoms with Crippen molar-refractivity contribution >= 4 is 29.1 Å². The summed E-state index contributed by atoms with van der Waals surface area (Å²) in [5.41, 5.74) is 0.0970. The van der Waals surface area contributed by atoms with E-state index in [0.29, 0.717) is 13.0 Å². The number of aliphatic hydroxyl groups excluding tert-OH is 1. The number of pyridine rings is 1. The van der Waals surface area contributed by atoms with Gasteiger partial charge in [-0.3, -0.25) is 4.79 Å². The Hall–Kier alpha value is -0.840. The second kappa shape index (κ2) is 6.03. The first-order valence-corrected chi connectivity index (χ1v) is 5.54. The van der Waals surface area contributed by atoms with Crippen LogP contribution in [0.3, 0.4) is 0 Å². The second-order valence-corrected chi connectivity index (χ2v) is 4.15. The first kappa shape index (κ1) is 13.2. The number of aliphatic hydroxyl groups is 1. The SMILES string of the molecule is CC(O)CCNC(=O)c1nc(Cl)ccc1Cl. The predicted octanol–water partition coefficient (Wildman–Crippen LogP) is 1.89. The molecule has 1 amide bonds. The summed E-state index contributed by atoms with van der Waals surface area (Å²) in [5.74, 6) is -0.395. The van der Waals surface area contributed by atoms with Gasteiger partial charge in [0.05, 0.1) is 11.1 Å². The predicted molar refractivity (Wildman–Crippen MR) is 62.9 cm³/mol. The number of aromatic nitrogens is 1. The third-order valence-electron chi connectivity index (χ3n) is 1.87. The molecule has 0 saturated heterocycles. The number of carbonyl (C=O) groups is 1. The van der Waals surface area contributed by atoms with Gasteiger partial charge in [0.15, 0.2) is 0 Å². The molecule has 6 heteroatoms. The number of rotatable bonds is 4. The lowest BCUT2D eigenvalue weighted by atomic mass is 10.3. The van der Waals surface area contributed by atoms with Gasteiger partial charge in [-0.05, 0) is 25.5 Å². The molecule has 1 rings (SSSR count). The Balaban J connectivity index is 2.62. The maximum atomic E-state index is 11.6. The highest BCUT2D eigenvalue weighted by Crippen LogP contribution is 2.16. The van der Waals surface area contributed by atoms with Crippen LogP contribution in [0, 0.1) is 0 Å². The van der Waals surface area contributed by atoms with Gasteiger partial charge >= 0.3 is 0 Å². The van der Waals surface area contributed by atoms with Crippen LogP contribution in [0.5, 0.6) is 0 Å². The maximum Gasteiger partial charge on any atom is 0.271 e. The van der Waals surface area contributed by atoms with E-state index < -0.39 is 12.0 Å². The van der Waals surface area contributed by atoms with E-state index >= 15 is 0 Å². The monoisotopic (exact) mass is 262 g/mol. The van der Waals surface area contributed by atoms with E-state index in [0.717, 1.165) is 0 Å². The van der Waals surface area contributed by atoms with Gasteiger partial charge in [0.2, 0.25) is 0 Å². The van der Waals surface area contributed by atoms with Gasteiger partial charge in [0.25, 0.3) is 5.91 Å². The molecule has 0 saturated carbocycles. The highest BCUT2D eigenvalue weighted by atomic mass is 35.5. The van der Waals surface area contributed by atoms with Crippen LogP contribution >= 0.6 is 23.2 Å². The highest BCUT2D eigenvalue weighted by Gasteiger charge is 2.12. The molecule has 0 aliphatic rings. The smallest absolute Gasteiger partial charge is 0.271 e. The molecule has 0 radical (unpaired) electrons. The van der Waals surface area contributed by atoms with Crippen molar-refractivity contribution in [2.75, 3.05) is 6.54 Å². The van der Waals surface area contributed by atoms with E-state index in [1.807, 2.05) is 0 Å². The van der Waals surface area contributed by atoms with Crippen LogP contribution in [-0.2, 0) is 0 Å². The Labute approximate surface area is 104 Å². The van der Waals surface area contributed by atoms with Gasteiger partial charge in [0, 0.05) is 6.54 Å². The first-order chi connectivity index (χ1) is 7.50. The van der Waals surface area contributed by atoms with E-state index in [1.165, 1.54) is 12.1 Å². The van der Waals surface area contributed by atoms with Gasteiger partial charge in [0.1, 0.15) is 10.8 Å². The standard InChI is InChI=1S/C10H12Cl2N2O2/c1-6(15)4-5-13-10(16)9-7(11)2-3-8(12)14-9/h2-3,6,15H,4-5H2,1H3,(H,13,16). The minimum absolute atomic E-state index is 0.0970. The van der Waals surface area contributed by atoms with E-state index in [4.69, 9.17) is 28.3 Å². The van der Waals surface area contributed by atoms with Crippen molar-refractivity contribution in [3.05, 3.63) is 28.0 Å². The Bertz CT molecular complexity index is 383. The summed E-state index contributed by atoms with van der Waals surface area (Å²) in [6, 6.07) is 3.02. The van der Waals surface area contributed by atoms with Crippen LogP contribution < -0.4 is 5.32 Å². The van der Waals surface area contributed by atoms with Gasteiger partial charge in [-0.1, -0.05) is 23.2 Å². The summed E-state index contributed by atoms with van der Waals surface area (Å²) >= 11 is 11.5. The van der Waals surface area contributed by atoms with Crippen LogP contribution in [0.1, 0.15) is 23.8 Å². The van der Waals surface area contributed by atoms with Crippen LogP contribution in [-0.4, -0.2) is 28.6 Å². The van der Waals surface area contributed by atoms with Gasteiger partial charge in [-0.15, -0.1) is 0 Å². The van der Waals surface area contributed by atoms with Gasteiger partial charge in [-0.2, -0.15) is 0 Å². The average molecular weight is 263 g/mol. The first-order valence-electron chi connectivity index (χ1n) is 4.79. The lowest BCUT2D eigenvalue weighted by molar-refractivity contribution is 0.0941. The van der Waals surface area contributed by atoms with Crippen LogP contribution in [0.4, 0.5) is 0 Å². The van der Waals surface area contributed by atoms with Crippen LogP contribution in [0.2, 0.25) is 10.2 Å². The van der Waals surface area contributed by atoms with Crippen molar-refractivity contribution in [3.63, 3.8) is 0 Å². The van der Waals surface area contributed by atoms with E-state index in [-0.39, 0.29) is 15.9 Å². The third-order valence-corrected chi connectivity index (χ3v) is 2.39. The summed E-state index contributed by atoms with van der Waals surface area (Å²) in [5, 5.41) is 12.1. The van der Waals surface area contributed by atoms with Crippen molar-refractivity contribution in [1.29, 1.82) is 0 Å². The van der Waals surface area contributed by atoms with Crippen LogP contribution in [0.25, 0.3) is 0 Å². The molecule has 1 unspecified atom stereocenters. The molecule has 16 heavy (non-hydrogen) atoms. The fourth-order valence-corrected chi connectivity index (χ4v) is 1.39. The molecule has 0 fully saturated rings. The highest BCUT2D eigenvalue weighted by molar-refractivity contribution is 6.34. The van der Waals surface area contributed by atoms with Crippen molar-refractivity contribution < 1.29 is 9.90 Å². The molecule has 0 bridgehead atoms. The number of nitrogens with one attached hydrogen (secondary N) is 1. The fraction of sp³-hybridized carbons (Fsp3) is 0.400. The topological polar surface area (TPSA) is 62.2 Å². The minimum atomic E-state index is -0.455. The second-order valence-electron chi connectivity index (χ2n) is 3.36. The zero-order chi connectivity index (χ0) is 12.1. The molecular formula is C10H12Cl2N2O2. The maximum absolute atomic E-state index is 11.6. The molecule has 1 aromatic rings. The summed E-state index contributed by atoms with van der Waals surface area (Å²) in [6.45, 7) is 2.01. The van der Waals surface area contributed by atoms with Crippen molar-refractivity contribution in [2.24, 2.45) is 0 Å². The number of hydrogen-bond donors (Lipinski definition) is 2. The number of halogens is 2. The van der Waals surface area contributed by atoms with Crippen molar-refractivity contribution in [2.45, 2.75) is 19.4 Å². The van der Waals surface area contributed by atoms with Crippen LogP contribution in [0.15, 0.2) is 12.1 Å². The fourth-order valence-electron chi connectivity index (χ4n) is 1.06. The quantitative estimate of drug-likeness (QED) is 0.815. The van der Waals surface area contributed by atoms with E-state index in [1.54, 1.807) is 6.92 Å². The number of carbonyl (C=O) groups excluding carboxylic acids is 1. The lowest BCUT2D eigenvalue weighted by Crippen LogP contribution is -2.27. The molecule has 0 aliphatic heterocycles.